The smallest absolute Gasteiger partial charge is 0.303 e. The molecule has 0 aromatic heterocycles. The molecule has 0 aromatic rings. The number of aliphatic hydroxyl groups is 2. The molecule has 9 heteroatoms. The first-order valence-corrected chi connectivity index (χ1v) is 6.31. The number of rotatable bonds is 4. The molecule has 1 aliphatic rings. The van der Waals surface area contributed by atoms with E-state index in [9.17, 15) is 24.6 Å². The first-order chi connectivity index (χ1) is 9.72. The van der Waals surface area contributed by atoms with Crippen LogP contribution in [0, 0.1) is 0 Å². The van der Waals surface area contributed by atoms with Gasteiger partial charge in [0.25, 0.3) is 0 Å². The topological polar surface area (TPSA) is 131 Å². The number of amides is 1. The van der Waals surface area contributed by atoms with E-state index in [2.05, 4.69) is 5.32 Å². The summed E-state index contributed by atoms with van der Waals surface area (Å²) < 4.78 is 14.8. The van der Waals surface area contributed by atoms with Crippen LogP contribution in [0.3, 0.4) is 0 Å². The van der Waals surface area contributed by atoms with E-state index in [1.807, 2.05) is 0 Å². The lowest BCUT2D eigenvalue weighted by Gasteiger charge is -2.41. The molecular formula is C12H19NO8. The van der Waals surface area contributed by atoms with E-state index in [1.54, 1.807) is 0 Å². The third-order valence-electron chi connectivity index (χ3n) is 2.82. The molecule has 3 N–H and O–H groups in total. The van der Waals surface area contributed by atoms with Crippen molar-refractivity contribution in [2.45, 2.75) is 51.4 Å². The summed E-state index contributed by atoms with van der Waals surface area (Å²) in [6, 6.07) is -1.17. The minimum absolute atomic E-state index is 0.311. The van der Waals surface area contributed by atoms with Gasteiger partial charge in [-0.15, -0.1) is 0 Å². The number of aliphatic hydroxyl groups excluding tert-OH is 2. The molecule has 1 fully saturated rings. The zero-order chi connectivity index (χ0) is 16.2. The van der Waals surface area contributed by atoms with Gasteiger partial charge in [0.15, 0.2) is 12.4 Å². The Morgan fingerprint density at radius 3 is 2.24 bits per heavy atom. The van der Waals surface area contributed by atoms with Crippen molar-refractivity contribution in [3.8, 4) is 0 Å². The fourth-order valence-electron chi connectivity index (χ4n) is 2.00. The monoisotopic (exact) mass is 305 g/mol. The minimum atomic E-state index is -1.53. The number of nitrogens with one attached hydrogen (secondary N) is 1. The van der Waals surface area contributed by atoms with E-state index in [1.165, 1.54) is 13.8 Å². The first kappa shape index (κ1) is 17.3. The molecule has 1 saturated heterocycles. The molecule has 1 amide bonds. The maximum Gasteiger partial charge on any atom is 0.303 e. The summed E-state index contributed by atoms with van der Waals surface area (Å²) in [4.78, 5) is 33.0. The molecule has 0 aliphatic carbocycles. The van der Waals surface area contributed by atoms with E-state index in [4.69, 9.17) is 14.2 Å². The van der Waals surface area contributed by atoms with Crippen molar-refractivity contribution >= 4 is 17.8 Å². The van der Waals surface area contributed by atoms with Crippen LogP contribution in [0.4, 0.5) is 0 Å². The fraction of sp³-hybridized carbons (Fsp3) is 0.750. The van der Waals surface area contributed by atoms with Crippen LogP contribution < -0.4 is 5.32 Å². The summed E-state index contributed by atoms with van der Waals surface area (Å²) in [5.41, 5.74) is 0. The van der Waals surface area contributed by atoms with Crippen LogP contribution in [-0.2, 0) is 28.6 Å². The normalized spacial score (nSPS) is 32.1. The van der Waals surface area contributed by atoms with Crippen molar-refractivity contribution in [3.63, 3.8) is 0 Å². The second-order valence-corrected chi connectivity index (χ2v) is 4.66. The second-order valence-electron chi connectivity index (χ2n) is 4.66. The Morgan fingerprint density at radius 1 is 1.14 bits per heavy atom. The predicted octanol–water partition coefficient (Wildman–Crippen LogP) is -1.94. The Balaban J connectivity index is 2.86. The van der Waals surface area contributed by atoms with Crippen molar-refractivity contribution in [2.75, 3.05) is 6.61 Å². The van der Waals surface area contributed by atoms with Gasteiger partial charge in [-0.25, -0.2) is 0 Å². The van der Waals surface area contributed by atoms with Crippen LogP contribution in [0.1, 0.15) is 20.8 Å². The van der Waals surface area contributed by atoms with Gasteiger partial charge in [0, 0.05) is 20.8 Å². The highest BCUT2D eigenvalue weighted by atomic mass is 16.7. The zero-order valence-electron chi connectivity index (χ0n) is 11.9. The van der Waals surface area contributed by atoms with Crippen LogP contribution in [-0.4, -0.2) is 65.3 Å². The fourth-order valence-corrected chi connectivity index (χ4v) is 2.00. The molecule has 0 spiro atoms. The highest BCUT2D eigenvalue weighted by Crippen LogP contribution is 2.23. The van der Waals surface area contributed by atoms with Gasteiger partial charge in [-0.3, -0.25) is 14.4 Å². The highest BCUT2D eigenvalue weighted by molar-refractivity contribution is 5.73. The van der Waals surface area contributed by atoms with E-state index in [0.717, 1.165) is 6.92 Å². The summed E-state index contributed by atoms with van der Waals surface area (Å²) >= 11 is 0. The number of carbonyl (C=O) groups excluding carboxylic acids is 3. The van der Waals surface area contributed by atoms with E-state index in [-0.39, 0.29) is 6.61 Å². The lowest BCUT2D eigenvalue weighted by molar-refractivity contribution is -0.260. The number of hydrogen-bond donors (Lipinski definition) is 3. The molecule has 0 aromatic carbocycles. The minimum Gasteiger partial charge on any atom is -0.463 e. The molecule has 9 nitrogen and oxygen atoms in total. The van der Waals surface area contributed by atoms with Crippen molar-refractivity contribution in [2.24, 2.45) is 0 Å². The predicted molar refractivity (Wildman–Crippen MR) is 66.7 cm³/mol. The summed E-state index contributed by atoms with van der Waals surface area (Å²) in [5.74, 6) is -1.77. The summed E-state index contributed by atoms with van der Waals surface area (Å²) in [6.45, 7) is 3.20. The summed E-state index contributed by atoms with van der Waals surface area (Å²) in [7, 11) is 0. The second kappa shape index (κ2) is 7.34. The van der Waals surface area contributed by atoms with E-state index < -0.39 is 48.5 Å². The van der Waals surface area contributed by atoms with Gasteiger partial charge in [0.2, 0.25) is 5.91 Å². The van der Waals surface area contributed by atoms with Crippen molar-refractivity contribution in [1.82, 2.24) is 5.32 Å². The van der Waals surface area contributed by atoms with Crippen LogP contribution in [0.5, 0.6) is 0 Å². The molecule has 0 radical (unpaired) electrons. The van der Waals surface area contributed by atoms with Gasteiger partial charge >= 0.3 is 11.9 Å². The Hall–Kier alpha value is -1.71. The molecule has 5 atom stereocenters. The van der Waals surface area contributed by atoms with Gasteiger partial charge in [-0.2, -0.15) is 0 Å². The van der Waals surface area contributed by atoms with Crippen LogP contribution in [0.25, 0.3) is 0 Å². The van der Waals surface area contributed by atoms with Gasteiger partial charge < -0.3 is 29.7 Å². The Bertz CT molecular complexity index is 410. The van der Waals surface area contributed by atoms with Crippen LogP contribution in [0.2, 0.25) is 0 Å². The molecule has 21 heavy (non-hydrogen) atoms. The van der Waals surface area contributed by atoms with Gasteiger partial charge in [-0.05, 0) is 0 Å². The van der Waals surface area contributed by atoms with E-state index in [0.29, 0.717) is 0 Å². The summed E-state index contributed by atoms with van der Waals surface area (Å²) in [5, 5.41) is 22.3. The maximum atomic E-state index is 11.1. The Labute approximate surface area is 121 Å². The molecule has 0 saturated carbocycles. The van der Waals surface area contributed by atoms with Crippen LogP contribution in [0.15, 0.2) is 0 Å². The average Bonchev–Trinajstić information content (AvgIpc) is 2.35. The zero-order valence-corrected chi connectivity index (χ0v) is 11.9. The third kappa shape index (κ3) is 4.96. The third-order valence-corrected chi connectivity index (χ3v) is 2.82. The molecular weight excluding hydrogens is 286 g/mol. The molecule has 0 bridgehead atoms. The largest absolute Gasteiger partial charge is 0.463 e. The Kier molecular flexibility index (Phi) is 6.06. The quantitative estimate of drug-likeness (QED) is 0.511. The number of esters is 2. The lowest BCUT2D eigenvalue weighted by Crippen LogP contribution is -2.65. The molecule has 1 aliphatic heterocycles. The Morgan fingerprint density at radius 2 is 1.76 bits per heavy atom. The maximum absolute atomic E-state index is 11.1. The van der Waals surface area contributed by atoms with Gasteiger partial charge in [-0.1, -0.05) is 0 Å². The first-order valence-electron chi connectivity index (χ1n) is 6.31. The molecule has 0 unspecified atom stereocenters. The van der Waals surface area contributed by atoms with Crippen molar-refractivity contribution in [3.05, 3.63) is 0 Å². The molecule has 1 rings (SSSR count). The highest BCUT2D eigenvalue weighted by Gasteiger charge is 2.47. The summed E-state index contributed by atoms with van der Waals surface area (Å²) in [6.07, 6.45) is -5.19. The van der Waals surface area contributed by atoms with Crippen molar-refractivity contribution < 1.29 is 38.8 Å². The van der Waals surface area contributed by atoms with Gasteiger partial charge in [0.1, 0.15) is 24.9 Å². The van der Waals surface area contributed by atoms with Gasteiger partial charge in [0.05, 0.1) is 0 Å². The van der Waals surface area contributed by atoms with Crippen LogP contribution >= 0.6 is 0 Å². The molecule has 120 valence electrons. The SMILES string of the molecule is CC(=O)N[C@H]1[C@@H](O)[C@H](OC(C)=O)[C@@H](COC(C)=O)O[C@@H]1O. The van der Waals surface area contributed by atoms with E-state index >= 15 is 0 Å². The number of hydrogen-bond acceptors (Lipinski definition) is 8. The molecule has 1 heterocycles. The lowest BCUT2D eigenvalue weighted by atomic mass is 9.96. The van der Waals surface area contributed by atoms with Crippen molar-refractivity contribution in [1.29, 1.82) is 0 Å². The number of carbonyl (C=O) groups is 3. The average molecular weight is 305 g/mol. The number of ether oxygens (including phenoxy) is 3. The standard InChI is InChI=1S/C12H19NO8/c1-5(14)13-9-10(17)11(20-7(3)16)8(21-12(9)18)4-19-6(2)15/h8-12,17-18H,4H2,1-3H3,(H,13,14)/t8-,9+,10-,11-,12+/m1/s1.